The van der Waals surface area contributed by atoms with Gasteiger partial charge in [-0.2, -0.15) is 13.2 Å². The summed E-state index contributed by atoms with van der Waals surface area (Å²) in [6.07, 6.45) is -4.67. The van der Waals surface area contributed by atoms with Crippen molar-refractivity contribution in [3.05, 3.63) is 58.6 Å². The number of amides is 2. The van der Waals surface area contributed by atoms with Gasteiger partial charge in [0.05, 0.1) is 10.6 Å². The summed E-state index contributed by atoms with van der Waals surface area (Å²) in [7, 11) is 0. The van der Waals surface area contributed by atoms with Gasteiger partial charge in [-0.25, -0.2) is 0 Å². The van der Waals surface area contributed by atoms with Gasteiger partial charge < -0.3 is 10.6 Å². The average Bonchev–Trinajstić information content (AvgIpc) is 2.55. The Bertz CT molecular complexity index is 857. The molecule has 2 N–H and O–H groups in total. The molecule has 4 nitrogen and oxygen atoms in total. The van der Waals surface area contributed by atoms with E-state index in [1.807, 2.05) is 32.9 Å². The van der Waals surface area contributed by atoms with Crippen LogP contribution in [-0.4, -0.2) is 11.8 Å². The fourth-order valence-electron chi connectivity index (χ4n) is 2.25. The van der Waals surface area contributed by atoms with Gasteiger partial charge in [-0.05, 0) is 41.3 Å². The summed E-state index contributed by atoms with van der Waals surface area (Å²) >= 11 is 5.52. The monoisotopic (exact) mass is 398 g/mol. The maximum atomic E-state index is 12.9. The number of hydrogen-bond donors (Lipinski definition) is 2. The second kappa shape index (κ2) is 7.60. The zero-order chi connectivity index (χ0) is 20.4. The molecular formula is C19H18ClF3N2O2. The summed E-state index contributed by atoms with van der Waals surface area (Å²) < 4.78 is 38.6. The average molecular weight is 399 g/mol. The van der Waals surface area contributed by atoms with Crippen molar-refractivity contribution < 1.29 is 22.8 Å². The van der Waals surface area contributed by atoms with Crippen molar-refractivity contribution >= 4 is 34.8 Å². The van der Waals surface area contributed by atoms with E-state index < -0.39 is 28.6 Å². The summed E-state index contributed by atoms with van der Waals surface area (Å²) in [4.78, 5) is 23.9. The van der Waals surface area contributed by atoms with E-state index in [1.54, 1.807) is 12.1 Å². The van der Waals surface area contributed by atoms with E-state index in [-0.39, 0.29) is 11.1 Å². The van der Waals surface area contributed by atoms with Gasteiger partial charge >= 0.3 is 18.0 Å². The summed E-state index contributed by atoms with van der Waals surface area (Å²) in [5.74, 6) is -2.09. The number of halogens is 4. The fourth-order valence-corrected chi connectivity index (χ4v) is 2.47. The normalized spacial score (nSPS) is 11.8. The Hall–Kier alpha value is -2.54. The number of anilines is 2. The maximum absolute atomic E-state index is 12.9. The Balaban J connectivity index is 2.07. The molecule has 0 fully saturated rings. The highest BCUT2D eigenvalue weighted by molar-refractivity contribution is 6.43. The highest BCUT2D eigenvalue weighted by Gasteiger charge is 2.33. The van der Waals surface area contributed by atoms with E-state index in [0.717, 1.165) is 11.6 Å². The Morgan fingerprint density at radius 1 is 0.852 bits per heavy atom. The second-order valence-electron chi connectivity index (χ2n) is 6.93. The van der Waals surface area contributed by atoms with Gasteiger partial charge in [-0.3, -0.25) is 9.59 Å². The molecule has 27 heavy (non-hydrogen) atoms. The zero-order valence-corrected chi connectivity index (χ0v) is 15.6. The van der Waals surface area contributed by atoms with E-state index in [2.05, 4.69) is 10.6 Å². The predicted molar refractivity (Wildman–Crippen MR) is 98.9 cm³/mol. The molecule has 144 valence electrons. The molecule has 0 bridgehead atoms. The van der Waals surface area contributed by atoms with E-state index in [9.17, 15) is 22.8 Å². The lowest BCUT2D eigenvalue weighted by atomic mass is 9.87. The highest BCUT2D eigenvalue weighted by atomic mass is 35.5. The minimum atomic E-state index is -4.67. The number of benzene rings is 2. The summed E-state index contributed by atoms with van der Waals surface area (Å²) in [6, 6.07) is 9.80. The number of alkyl halides is 3. The van der Waals surface area contributed by atoms with Crippen LogP contribution in [-0.2, 0) is 21.2 Å². The van der Waals surface area contributed by atoms with Crippen molar-refractivity contribution in [1.29, 1.82) is 0 Å². The maximum Gasteiger partial charge on any atom is 0.417 e. The molecule has 0 radical (unpaired) electrons. The lowest BCUT2D eigenvalue weighted by molar-refractivity contribution is -0.137. The van der Waals surface area contributed by atoms with Crippen molar-refractivity contribution in [3.8, 4) is 0 Å². The van der Waals surface area contributed by atoms with Crippen LogP contribution in [0.3, 0.4) is 0 Å². The molecule has 0 saturated carbocycles. The van der Waals surface area contributed by atoms with Crippen LogP contribution in [0.25, 0.3) is 0 Å². The Labute approximate surface area is 159 Å². The van der Waals surface area contributed by atoms with Gasteiger partial charge in [0.25, 0.3) is 0 Å². The molecule has 0 spiro atoms. The Morgan fingerprint density at radius 2 is 1.33 bits per heavy atom. The SMILES string of the molecule is CC(C)(C)c1ccc(NC(=O)C(=O)Nc2ccc(Cl)c(C(F)(F)F)c2)cc1. The highest BCUT2D eigenvalue weighted by Crippen LogP contribution is 2.36. The van der Waals surface area contributed by atoms with Gasteiger partial charge in [0, 0.05) is 11.4 Å². The third kappa shape index (κ3) is 5.47. The third-order valence-corrected chi connectivity index (χ3v) is 4.07. The van der Waals surface area contributed by atoms with Crippen LogP contribution >= 0.6 is 11.6 Å². The molecule has 0 aliphatic heterocycles. The lowest BCUT2D eigenvalue weighted by Crippen LogP contribution is -2.29. The van der Waals surface area contributed by atoms with Gasteiger partial charge in [0.15, 0.2) is 0 Å². The molecule has 0 aliphatic rings. The molecule has 2 rings (SSSR count). The van der Waals surface area contributed by atoms with Gasteiger partial charge in [0.2, 0.25) is 0 Å². The molecule has 8 heteroatoms. The van der Waals surface area contributed by atoms with Crippen molar-refractivity contribution in [1.82, 2.24) is 0 Å². The van der Waals surface area contributed by atoms with Crippen LogP contribution in [0.1, 0.15) is 31.9 Å². The molecule has 0 heterocycles. The largest absolute Gasteiger partial charge is 0.417 e. The molecule has 0 saturated heterocycles. The molecular weight excluding hydrogens is 381 g/mol. The number of carbonyl (C=O) groups excluding carboxylic acids is 2. The quantitative estimate of drug-likeness (QED) is 0.680. The first-order chi connectivity index (χ1) is 12.4. The molecule has 2 aromatic carbocycles. The molecule has 0 unspecified atom stereocenters. The fraction of sp³-hybridized carbons (Fsp3) is 0.263. The first kappa shape index (κ1) is 20.8. The van der Waals surface area contributed by atoms with E-state index in [4.69, 9.17) is 11.6 Å². The number of carbonyl (C=O) groups is 2. The molecule has 0 aromatic heterocycles. The minimum Gasteiger partial charge on any atom is -0.318 e. The van der Waals surface area contributed by atoms with Crippen molar-refractivity contribution in [2.45, 2.75) is 32.4 Å². The predicted octanol–water partition coefficient (Wildman–Crippen LogP) is 5.23. The van der Waals surface area contributed by atoms with Gasteiger partial charge in [-0.1, -0.05) is 44.5 Å². The Kier molecular flexibility index (Phi) is 5.85. The van der Waals surface area contributed by atoms with E-state index >= 15 is 0 Å². The summed E-state index contributed by atoms with van der Waals surface area (Å²) in [5.41, 5.74) is 0.0983. The molecule has 2 aromatic rings. The lowest BCUT2D eigenvalue weighted by Gasteiger charge is -2.19. The second-order valence-corrected chi connectivity index (χ2v) is 7.34. The van der Waals surface area contributed by atoms with E-state index in [0.29, 0.717) is 11.8 Å². The van der Waals surface area contributed by atoms with Crippen molar-refractivity contribution in [2.24, 2.45) is 0 Å². The number of hydrogen-bond acceptors (Lipinski definition) is 2. The standard InChI is InChI=1S/C19H18ClF3N2O2/c1-18(2,3)11-4-6-12(7-5-11)24-16(26)17(27)25-13-8-9-15(20)14(10-13)19(21,22)23/h4-10H,1-3H3,(H,24,26)(H,25,27). The number of nitrogens with one attached hydrogen (secondary N) is 2. The van der Waals surface area contributed by atoms with E-state index in [1.165, 1.54) is 6.07 Å². The smallest absolute Gasteiger partial charge is 0.318 e. The first-order valence-electron chi connectivity index (χ1n) is 7.97. The molecule has 0 aliphatic carbocycles. The van der Waals surface area contributed by atoms with Crippen molar-refractivity contribution in [3.63, 3.8) is 0 Å². The van der Waals surface area contributed by atoms with Crippen LogP contribution in [0.5, 0.6) is 0 Å². The molecule has 0 atom stereocenters. The van der Waals surface area contributed by atoms with Crippen LogP contribution in [0.4, 0.5) is 24.5 Å². The number of rotatable bonds is 2. The first-order valence-corrected chi connectivity index (χ1v) is 8.35. The van der Waals surface area contributed by atoms with Crippen LogP contribution < -0.4 is 10.6 Å². The minimum absolute atomic E-state index is 0.0648. The Morgan fingerprint density at radius 3 is 1.81 bits per heavy atom. The molecule has 2 amide bonds. The van der Waals surface area contributed by atoms with Crippen LogP contribution in [0.15, 0.2) is 42.5 Å². The van der Waals surface area contributed by atoms with Gasteiger partial charge in [-0.15, -0.1) is 0 Å². The van der Waals surface area contributed by atoms with Crippen LogP contribution in [0, 0.1) is 0 Å². The zero-order valence-electron chi connectivity index (χ0n) is 14.9. The summed E-state index contributed by atoms with van der Waals surface area (Å²) in [6.45, 7) is 6.11. The van der Waals surface area contributed by atoms with Gasteiger partial charge in [0.1, 0.15) is 0 Å². The third-order valence-electron chi connectivity index (χ3n) is 3.74. The summed E-state index contributed by atoms with van der Waals surface area (Å²) in [5, 5.41) is 4.03. The topological polar surface area (TPSA) is 58.2 Å². The van der Waals surface area contributed by atoms with Crippen LogP contribution in [0.2, 0.25) is 5.02 Å². The van der Waals surface area contributed by atoms with Crippen molar-refractivity contribution in [2.75, 3.05) is 10.6 Å².